The van der Waals surface area contributed by atoms with Gasteiger partial charge in [-0.25, -0.2) is 8.42 Å². The van der Waals surface area contributed by atoms with Crippen LogP contribution >= 0.6 is 0 Å². The normalized spacial score (nSPS) is 11.9. The number of carbonyl (C=O) groups excluding carboxylic acids is 2. The maximum absolute atomic E-state index is 13.8. The number of ether oxygens (including phenoxy) is 2. The summed E-state index contributed by atoms with van der Waals surface area (Å²) in [6.45, 7) is 6.16. The summed E-state index contributed by atoms with van der Waals surface area (Å²) in [6, 6.07) is 13.1. The predicted octanol–water partition coefficient (Wildman–Crippen LogP) is 3.58. The minimum Gasteiger partial charge on any atom is -0.497 e. The smallest absolute Gasteiger partial charge is 0.244 e. The van der Waals surface area contributed by atoms with Crippen LogP contribution < -0.4 is 19.1 Å². The summed E-state index contributed by atoms with van der Waals surface area (Å²) in [6.07, 6.45) is 3.17. The fraction of sp³-hybridized carbons (Fsp3) is 0.481. The van der Waals surface area contributed by atoms with Gasteiger partial charge in [-0.3, -0.25) is 13.9 Å². The quantitative estimate of drug-likeness (QED) is 0.351. The van der Waals surface area contributed by atoms with Gasteiger partial charge in [-0.05, 0) is 49.6 Å². The van der Waals surface area contributed by atoms with Gasteiger partial charge in [0.25, 0.3) is 0 Å². The molecule has 10 heteroatoms. The Kier molecular flexibility index (Phi) is 11.7. The number of sulfonamides is 1. The van der Waals surface area contributed by atoms with E-state index in [-0.39, 0.29) is 18.1 Å². The SMILES string of the molecule is CCCCNC(=O)C(CC)N(Cc1ccc(OC)cc1)C(=O)CN(c1ccccc1OCC)S(C)(=O)=O. The number of methoxy groups -OCH3 is 1. The number of carbonyl (C=O) groups is 2. The first-order valence-electron chi connectivity index (χ1n) is 12.6. The molecule has 0 saturated heterocycles. The molecule has 9 nitrogen and oxygen atoms in total. The Balaban J connectivity index is 2.44. The first-order valence-corrected chi connectivity index (χ1v) is 14.4. The van der Waals surface area contributed by atoms with Crippen molar-refractivity contribution in [2.45, 2.75) is 52.6 Å². The molecule has 0 bridgehead atoms. The number of anilines is 1. The molecular weight excluding hydrogens is 494 g/mol. The topological polar surface area (TPSA) is 105 Å². The molecule has 0 spiro atoms. The van der Waals surface area contributed by atoms with Crippen LogP contribution in [0.15, 0.2) is 48.5 Å². The molecule has 0 aromatic heterocycles. The predicted molar refractivity (Wildman–Crippen MR) is 145 cm³/mol. The molecule has 37 heavy (non-hydrogen) atoms. The van der Waals surface area contributed by atoms with Crippen LogP contribution in [0.5, 0.6) is 11.5 Å². The van der Waals surface area contributed by atoms with Gasteiger partial charge in [0.2, 0.25) is 21.8 Å². The van der Waals surface area contributed by atoms with Gasteiger partial charge >= 0.3 is 0 Å². The fourth-order valence-corrected chi connectivity index (χ4v) is 4.74. The van der Waals surface area contributed by atoms with Crippen LogP contribution in [0.1, 0.15) is 45.6 Å². The van der Waals surface area contributed by atoms with Crippen molar-refractivity contribution in [3.05, 3.63) is 54.1 Å². The number of amides is 2. The van der Waals surface area contributed by atoms with Crippen LogP contribution in [0.4, 0.5) is 5.69 Å². The number of rotatable bonds is 15. The summed E-state index contributed by atoms with van der Waals surface area (Å²) in [5, 5.41) is 2.91. The molecule has 1 N–H and O–H groups in total. The highest BCUT2D eigenvalue weighted by Gasteiger charge is 2.32. The molecule has 2 aromatic rings. The van der Waals surface area contributed by atoms with Gasteiger partial charge in [0.1, 0.15) is 24.1 Å². The van der Waals surface area contributed by atoms with E-state index in [0.29, 0.717) is 31.1 Å². The lowest BCUT2D eigenvalue weighted by Crippen LogP contribution is -2.52. The molecule has 2 aromatic carbocycles. The third-order valence-electron chi connectivity index (χ3n) is 5.84. The molecule has 2 rings (SSSR count). The maximum atomic E-state index is 13.8. The number of benzene rings is 2. The van der Waals surface area contributed by atoms with Crippen molar-refractivity contribution < 1.29 is 27.5 Å². The lowest BCUT2D eigenvalue weighted by Gasteiger charge is -2.33. The van der Waals surface area contributed by atoms with Crippen molar-refractivity contribution in [1.29, 1.82) is 0 Å². The highest BCUT2D eigenvalue weighted by atomic mass is 32.2. The van der Waals surface area contributed by atoms with E-state index in [0.717, 1.165) is 29.0 Å². The van der Waals surface area contributed by atoms with E-state index in [4.69, 9.17) is 9.47 Å². The molecule has 0 radical (unpaired) electrons. The second-order valence-corrected chi connectivity index (χ2v) is 10.5. The van der Waals surface area contributed by atoms with Crippen molar-refractivity contribution in [3.8, 4) is 11.5 Å². The van der Waals surface area contributed by atoms with Crippen LogP contribution in [-0.4, -0.2) is 64.2 Å². The molecule has 0 aliphatic heterocycles. The van der Waals surface area contributed by atoms with Gasteiger partial charge in [0.15, 0.2) is 0 Å². The highest BCUT2D eigenvalue weighted by Crippen LogP contribution is 2.30. The molecule has 204 valence electrons. The van der Waals surface area contributed by atoms with E-state index in [9.17, 15) is 18.0 Å². The average Bonchev–Trinajstić information content (AvgIpc) is 2.87. The summed E-state index contributed by atoms with van der Waals surface area (Å²) in [5.74, 6) is 0.263. The molecule has 2 amide bonds. The van der Waals surface area contributed by atoms with Crippen molar-refractivity contribution >= 4 is 27.5 Å². The monoisotopic (exact) mass is 533 g/mol. The van der Waals surface area contributed by atoms with Gasteiger partial charge in [-0.1, -0.05) is 44.5 Å². The molecule has 0 saturated carbocycles. The Morgan fingerprint density at radius 3 is 2.27 bits per heavy atom. The zero-order valence-corrected chi connectivity index (χ0v) is 23.2. The summed E-state index contributed by atoms with van der Waals surface area (Å²) in [4.78, 5) is 28.3. The van der Waals surface area contributed by atoms with Crippen LogP contribution in [0.2, 0.25) is 0 Å². The van der Waals surface area contributed by atoms with E-state index in [1.807, 2.05) is 26.0 Å². The zero-order chi connectivity index (χ0) is 27.4. The standard InChI is InChI=1S/C27H39N3O6S/c1-6-9-18-28-27(32)23(7-2)29(19-21-14-16-22(35-4)17-15-21)26(31)20-30(37(5,33)34)24-12-10-11-13-25(24)36-8-3/h10-17,23H,6-9,18-20H2,1-5H3,(H,28,32). The van der Waals surface area contributed by atoms with Crippen molar-refractivity contribution in [1.82, 2.24) is 10.2 Å². The summed E-state index contributed by atoms with van der Waals surface area (Å²) in [5.41, 5.74) is 1.06. The molecule has 1 atom stereocenters. The van der Waals surface area contributed by atoms with Crippen LogP contribution in [0.25, 0.3) is 0 Å². The number of hydrogen-bond acceptors (Lipinski definition) is 6. The van der Waals surface area contributed by atoms with Crippen LogP contribution in [0.3, 0.4) is 0 Å². The third kappa shape index (κ3) is 8.66. The highest BCUT2D eigenvalue weighted by molar-refractivity contribution is 7.92. The fourth-order valence-electron chi connectivity index (χ4n) is 3.89. The van der Waals surface area contributed by atoms with E-state index < -0.39 is 28.5 Å². The Hall–Kier alpha value is -3.27. The van der Waals surface area contributed by atoms with Crippen molar-refractivity contribution in [3.63, 3.8) is 0 Å². The molecule has 1 unspecified atom stereocenters. The largest absolute Gasteiger partial charge is 0.497 e. The molecule has 0 aliphatic carbocycles. The minimum absolute atomic E-state index is 0.132. The number of hydrogen-bond donors (Lipinski definition) is 1. The first-order chi connectivity index (χ1) is 17.7. The third-order valence-corrected chi connectivity index (χ3v) is 6.97. The Bertz CT molecular complexity index is 1120. The minimum atomic E-state index is -3.85. The molecule has 0 heterocycles. The van der Waals surface area contributed by atoms with E-state index >= 15 is 0 Å². The summed E-state index contributed by atoms with van der Waals surface area (Å²) in [7, 11) is -2.28. The zero-order valence-electron chi connectivity index (χ0n) is 22.4. The lowest BCUT2D eigenvalue weighted by atomic mass is 10.1. The second kappa shape index (κ2) is 14.5. The van der Waals surface area contributed by atoms with Crippen LogP contribution in [-0.2, 0) is 26.2 Å². The summed E-state index contributed by atoms with van der Waals surface area (Å²) < 4.78 is 37.5. The lowest BCUT2D eigenvalue weighted by molar-refractivity contribution is -0.140. The average molecular weight is 534 g/mol. The molecular formula is C27H39N3O6S. The first kappa shape index (κ1) is 30.0. The Morgan fingerprint density at radius 2 is 1.70 bits per heavy atom. The maximum Gasteiger partial charge on any atom is 0.244 e. The number of unbranched alkanes of at least 4 members (excludes halogenated alkanes) is 1. The van der Waals surface area contributed by atoms with Gasteiger partial charge in [-0.15, -0.1) is 0 Å². The van der Waals surface area contributed by atoms with Crippen molar-refractivity contribution in [2.75, 3.05) is 37.4 Å². The number of para-hydroxylation sites is 2. The van der Waals surface area contributed by atoms with Crippen LogP contribution in [0, 0.1) is 0 Å². The summed E-state index contributed by atoms with van der Waals surface area (Å²) >= 11 is 0. The van der Waals surface area contributed by atoms with Gasteiger partial charge in [-0.2, -0.15) is 0 Å². The number of nitrogens with zero attached hydrogens (tertiary/aromatic N) is 2. The van der Waals surface area contributed by atoms with Gasteiger partial charge < -0.3 is 19.7 Å². The number of nitrogens with one attached hydrogen (secondary N) is 1. The second-order valence-electron chi connectivity index (χ2n) is 8.61. The van der Waals surface area contributed by atoms with Gasteiger partial charge in [0.05, 0.1) is 25.7 Å². The van der Waals surface area contributed by atoms with Crippen molar-refractivity contribution in [2.24, 2.45) is 0 Å². The van der Waals surface area contributed by atoms with E-state index in [2.05, 4.69) is 5.32 Å². The van der Waals surface area contributed by atoms with E-state index in [1.165, 1.54) is 4.90 Å². The Morgan fingerprint density at radius 1 is 1.03 bits per heavy atom. The Labute approximate surface area is 220 Å². The molecule has 0 fully saturated rings. The van der Waals surface area contributed by atoms with Gasteiger partial charge in [0, 0.05) is 13.1 Å². The van der Waals surface area contributed by atoms with E-state index in [1.54, 1.807) is 50.4 Å². The molecule has 0 aliphatic rings.